The molecule has 0 unspecified atom stereocenters. The topological polar surface area (TPSA) is 112 Å². The Kier molecular flexibility index (Phi) is 7.92. The van der Waals surface area contributed by atoms with Crippen LogP contribution in [0.5, 0.6) is 0 Å². The third-order valence-electron chi connectivity index (χ3n) is 4.85. The van der Waals surface area contributed by atoms with E-state index < -0.39 is 23.7 Å². The average Bonchev–Trinajstić information content (AvgIpc) is 3.55. The smallest absolute Gasteiger partial charge is 0.433 e. The van der Waals surface area contributed by atoms with Gasteiger partial charge in [0.1, 0.15) is 17.0 Å². The molecule has 4 aromatic rings. The molecule has 1 aromatic carbocycles. The number of carbonyl (C=O) groups excluding carboxylic acids is 2. The highest BCUT2D eigenvalue weighted by Crippen LogP contribution is 2.32. The van der Waals surface area contributed by atoms with E-state index in [0.717, 1.165) is 17.8 Å². The summed E-state index contributed by atoms with van der Waals surface area (Å²) in [5.74, 6) is -0.798. The first-order valence-corrected chi connectivity index (χ1v) is 12.0. The summed E-state index contributed by atoms with van der Waals surface area (Å²) in [5.41, 5.74) is -0.474. The van der Waals surface area contributed by atoms with Gasteiger partial charge in [-0.2, -0.15) is 18.3 Å². The number of alkyl halides is 3. The van der Waals surface area contributed by atoms with Gasteiger partial charge in [-0.1, -0.05) is 30.0 Å². The Morgan fingerprint density at radius 3 is 2.59 bits per heavy atom. The summed E-state index contributed by atoms with van der Waals surface area (Å²) in [6, 6.07) is 12.7. The summed E-state index contributed by atoms with van der Waals surface area (Å²) in [4.78, 5) is 32.8. The van der Waals surface area contributed by atoms with Gasteiger partial charge < -0.3 is 14.5 Å². The highest BCUT2D eigenvalue weighted by Gasteiger charge is 2.34. The van der Waals surface area contributed by atoms with Crippen molar-refractivity contribution in [3.63, 3.8) is 0 Å². The molecule has 0 aliphatic rings. The van der Waals surface area contributed by atoms with Crippen molar-refractivity contribution in [2.24, 2.45) is 0 Å². The van der Waals surface area contributed by atoms with Gasteiger partial charge in [0, 0.05) is 12.2 Å². The highest BCUT2D eigenvalue weighted by atomic mass is 32.2. The maximum Gasteiger partial charge on any atom is 0.433 e. The van der Waals surface area contributed by atoms with Crippen molar-refractivity contribution < 1.29 is 31.9 Å². The summed E-state index contributed by atoms with van der Waals surface area (Å²) in [7, 11) is 0. The van der Waals surface area contributed by atoms with Crippen molar-refractivity contribution in [1.29, 1.82) is 0 Å². The SMILES string of the molecule is CCOC(=O)c1cnn(-c2ccccc2)c1NC(=O)CCSc1nc(-c2ccco2)cc(C(F)(F)F)n1. The van der Waals surface area contributed by atoms with Crippen molar-refractivity contribution >= 4 is 29.5 Å². The van der Waals surface area contributed by atoms with Crippen LogP contribution in [0.3, 0.4) is 0 Å². The van der Waals surface area contributed by atoms with E-state index in [2.05, 4.69) is 20.4 Å². The Hall–Kier alpha value is -4.13. The molecule has 3 heterocycles. The first kappa shape index (κ1) is 25.9. The largest absolute Gasteiger partial charge is 0.463 e. The number of amides is 1. The number of para-hydroxylation sites is 1. The van der Waals surface area contributed by atoms with E-state index in [1.165, 1.54) is 29.3 Å². The van der Waals surface area contributed by atoms with E-state index in [9.17, 15) is 22.8 Å². The number of ether oxygens (including phenoxy) is 1. The van der Waals surface area contributed by atoms with Crippen LogP contribution >= 0.6 is 11.8 Å². The van der Waals surface area contributed by atoms with Crippen LogP contribution in [0.2, 0.25) is 0 Å². The lowest BCUT2D eigenvalue weighted by molar-refractivity contribution is -0.141. The summed E-state index contributed by atoms with van der Waals surface area (Å²) in [6.07, 6.45) is -2.17. The fraction of sp³-hybridized carbons (Fsp3) is 0.208. The third-order valence-corrected chi connectivity index (χ3v) is 5.70. The molecule has 0 radical (unpaired) electrons. The molecule has 0 spiro atoms. The molecule has 0 aliphatic heterocycles. The van der Waals surface area contributed by atoms with Crippen molar-refractivity contribution in [3.05, 3.63) is 72.2 Å². The number of carbonyl (C=O) groups is 2. The molecule has 1 amide bonds. The molecule has 0 saturated heterocycles. The molecular weight excluding hydrogens is 511 g/mol. The number of esters is 1. The third kappa shape index (κ3) is 6.36. The number of halogens is 3. The van der Waals surface area contributed by atoms with E-state index in [1.807, 2.05) is 6.07 Å². The van der Waals surface area contributed by atoms with Crippen molar-refractivity contribution in [3.8, 4) is 17.1 Å². The van der Waals surface area contributed by atoms with Gasteiger partial charge in [0.15, 0.2) is 16.7 Å². The van der Waals surface area contributed by atoms with E-state index in [4.69, 9.17) is 9.15 Å². The lowest BCUT2D eigenvalue weighted by atomic mass is 10.2. The number of anilines is 1. The molecule has 37 heavy (non-hydrogen) atoms. The van der Waals surface area contributed by atoms with Crippen LogP contribution < -0.4 is 5.32 Å². The molecule has 9 nitrogen and oxygen atoms in total. The summed E-state index contributed by atoms with van der Waals surface area (Å²) >= 11 is 0.884. The second-order valence-electron chi connectivity index (χ2n) is 7.42. The number of rotatable bonds is 9. The predicted molar refractivity (Wildman–Crippen MR) is 128 cm³/mol. The lowest BCUT2D eigenvalue weighted by Gasteiger charge is -2.11. The first-order chi connectivity index (χ1) is 17.8. The molecule has 0 saturated carbocycles. The van der Waals surface area contributed by atoms with Crippen LogP contribution in [-0.2, 0) is 15.7 Å². The molecule has 4 rings (SSSR count). The number of furan rings is 1. The monoisotopic (exact) mass is 531 g/mol. The second kappa shape index (κ2) is 11.3. The zero-order valence-corrected chi connectivity index (χ0v) is 20.2. The van der Waals surface area contributed by atoms with E-state index >= 15 is 0 Å². The van der Waals surface area contributed by atoms with Gasteiger partial charge in [-0.05, 0) is 37.3 Å². The van der Waals surface area contributed by atoms with Crippen LogP contribution in [0.15, 0.2) is 70.6 Å². The molecule has 0 aliphatic carbocycles. The van der Waals surface area contributed by atoms with Gasteiger partial charge in [0.25, 0.3) is 0 Å². The quantitative estimate of drug-likeness (QED) is 0.177. The fourth-order valence-electron chi connectivity index (χ4n) is 3.21. The summed E-state index contributed by atoms with van der Waals surface area (Å²) < 4.78 is 51.7. The second-order valence-corrected chi connectivity index (χ2v) is 8.48. The van der Waals surface area contributed by atoms with E-state index in [0.29, 0.717) is 5.69 Å². The molecule has 192 valence electrons. The van der Waals surface area contributed by atoms with Crippen LogP contribution in [-0.4, -0.2) is 44.0 Å². The summed E-state index contributed by atoms with van der Waals surface area (Å²) in [6.45, 7) is 1.79. The first-order valence-electron chi connectivity index (χ1n) is 11.0. The maximum atomic E-state index is 13.3. The van der Waals surface area contributed by atoms with Crippen LogP contribution in [0, 0.1) is 0 Å². The van der Waals surface area contributed by atoms with Crippen LogP contribution in [0.4, 0.5) is 19.0 Å². The number of nitrogens with one attached hydrogen (secondary N) is 1. The molecule has 13 heteroatoms. The minimum atomic E-state index is -4.68. The van der Waals surface area contributed by atoms with E-state index in [-0.39, 0.29) is 46.8 Å². The average molecular weight is 532 g/mol. The van der Waals surface area contributed by atoms with Gasteiger partial charge >= 0.3 is 12.1 Å². The Morgan fingerprint density at radius 1 is 1.14 bits per heavy atom. The molecule has 1 N–H and O–H groups in total. The Morgan fingerprint density at radius 2 is 1.92 bits per heavy atom. The van der Waals surface area contributed by atoms with E-state index in [1.54, 1.807) is 31.2 Å². The number of hydrogen-bond donors (Lipinski definition) is 1. The van der Waals surface area contributed by atoms with Crippen molar-refractivity contribution in [2.75, 3.05) is 17.7 Å². The van der Waals surface area contributed by atoms with Crippen molar-refractivity contribution in [1.82, 2.24) is 19.7 Å². The van der Waals surface area contributed by atoms with Gasteiger partial charge in [0.2, 0.25) is 5.91 Å². The number of nitrogens with zero attached hydrogens (tertiary/aromatic N) is 4. The highest BCUT2D eigenvalue weighted by molar-refractivity contribution is 7.99. The normalized spacial score (nSPS) is 11.4. The number of thioether (sulfide) groups is 1. The lowest BCUT2D eigenvalue weighted by Crippen LogP contribution is -2.18. The van der Waals surface area contributed by atoms with Crippen LogP contribution in [0.25, 0.3) is 17.1 Å². The number of aromatic nitrogens is 4. The fourth-order valence-corrected chi connectivity index (χ4v) is 4.00. The molecular formula is C24H20F3N5O4S. The van der Waals surface area contributed by atoms with Gasteiger partial charge in [0.05, 0.1) is 24.8 Å². The number of benzene rings is 1. The van der Waals surface area contributed by atoms with Gasteiger partial charge in [-0.15, -0.1) is 0 Å². The van der Waals surface area contributed by atoms with Gasteiger partial charge in [-0.3, -0.25) is 4.79 Å². The Bertz CT molecular complexity index is 1380. The minimum Gasteiger partial charge on any atom is -0.463 e. The zero-order valence-electron chi connectivity index (χ0n) is 19.4. The zero-order chi connectivity index (χ0) is 26.4. The maximum absolute atomic E-state index is 13.3. The number of hydrogen-bond acceptors (Lipinski definition) is 8. The Labute approximate surface area is 213 Å². The summed E-state index contributed by atoms with van der Waals surface area (Å²) in [5, 5.41) is 6.71. The van der Waals surface area contributed by atoms with Crippen molar-refractivity contribution in [2.45, 2.75) is 24.7 Å². The van der Waals surface area contributed by atoms with Crippen LogP contribution in [0.1, 0.15) is 29.4 Å². The standard InChI is InChI=1S/C24H20F3N5O4S/c1-2-35-22(34)16-14-28-32(15-7-4-3-5-8-15)21(16)31-20(33)10-12-37-23-29-17(18-9-6-11-36-18)13-19(30-23)24(25,26)27/h3-9,11,13-14H,2,10,12H2,1H3,(H,31,33). The Balaban J connectivity index is 1.49. The molecule has 0 bridgehead atoms. The minimum absolute atomic E-state index is 0.0230. The molecule has 0 fully saturated rings. The molecule has 3 aromatic heterocycles. The molecule has 0 atom stereocenters. The van der Waals surface area contributed by atoms with Gasteiger partial charge in [-0.25, -0.2) is 19.4 Å². The predicted octanol–water partition coefficient (Wildman–Crippen LogP) is 5.24.